The maximum atomic E-state index is 13.3. The van der Waals surface area contributed by atoms with E-state index in [0.717, 1.165) is 0 Å². The van der Waals surface area contributed by atoms with Gasteiger partial charge >= 0.3 is 0 Å². The highest BCUT2D eigenvalue weighted by molar-refractivity contribution is 6.46. The van der Waals surface area contributed by atoms with Gasteiger partial charge in [0.2, 0.25) is 0 Å². The van der Waals surface area contributed by atoms with Gasteiger partial charge in [-0.15, -0.1) is 0 Å². The van der Waals surface area contributed by atoms with Crippen LogP contribution in [0.5, 0.6) is 0 Å². The van der Waals surface area contributed by atoms with E-state index in [1.54, 1.807) is 12.1 Å². The Morgan fingerprint density at radius 1 is 1.19 bits per heavy atom. The number of pyridine rings is 1. The fourth-order valence-corrected chi connectivity index (χ4v) is 2.96. The minimum atomic E-state index is -0.820. The molecule has 1 amide bonds. The zero-order chi connectivity index (χ0) is 18.7. The molecule has 6 nitrogen and oxygen atoms in total. The average molecular weight is 356 g/mol. The topological polar surface area (TPSA) is 79.7 Å². The Hall–Kier alpha value is -3.06. The first-order valence-corrected chi connectivity index (χ1v) is 7.97. The largest absolute Gasteiger partial charge is 0.507 e. The Morgan fingerprint density at radius 3 is 2.46 bits per heavy atom. The second-order valence-corrected chi connectivity index (χ2v) is 5.77. The Bertz CT molecular complexity index is 850. The molecule has 0 aliphatic carbocycles. The summed E-state index contributed by atoms with van der Waals surface area (Å²) in [6.07, 6.45) is 2.95. The molecule has 3 rings (SSSR count). The van der Waals surface area contributed by atoms with Crippen molar-refractivity contribution in [1.29, 1.82) is 0 Å². The molecular weight excluding hydrogens is 339 g/mol. The predicted molar refractivity (Wildman–Crippen MR) is 91.5 cm³/mol. The van der Waals surface area contributed by atoms with Gasteiger partial charge in [0.15, 0.2) is 0 Å². The van der Waals surface area contributed by atoms with Crippen LogP contribution in [0.2, 0.25) is 0 Å². The average Bonchev–Trinajstić information content (AvgIpc) is 2.91. The van der Waals surface area contributed by atoms with Crippen molar-refractivity contribution in [3.05, 3.63) is 71.3 Å². The molecule has 1 aromatic heterocycles. The van der Waals surface area contributed by atoms with Gasteiger partial charge in [-0.2, -0.15) is 0 Å². The number of hydrogen-bond donors (Lipinski definition) is 1. The van der Waals surface area contributed by atoms with E-state index in [9.17, 15) is 19.1 Å². The number of likely N-dealkylation sites (tertiary alicyclic amines) is 1. The van der Waals surface area contributed by atoms with Crippen molar-refractivity contribution in [2.75, 3.05) is 20.3 Å². The van der Waals surface area contributed by atoms with Crippen LogP contribution in [0.4, 0.5) is 4.39 Å². The molecule has 134 valence electrons. The van der Waals surface area contributed by atoms with E-state index < -0.39 is 23.5 Å². The molecule has 0 spiro atoms. The molecule has 1 aliphatic rings. The summed E-state index contributed by atoms with van der Waals surface area (Å²) in [5.74, 6) is -2.24. The van der Waals surface area contributed by atoms with Gasteiger partial charge < -0.3 is 14.7 Å². The molecule has 1 aliphatic heterocycles. The number of carbonyl (C=O) groups excluding carboxylic acids is 2. The van der Waals surface area contributed by atoms with Gasteiger partial charge in [-0.1, -0.05) is 12.1 Å². The van der Waals surface area contributed by atoms with Crippen molar-refractivity contribution < 1.29 is 23.8 Å². The number of methoxy groups -OCH3 is 1. The predicted octanol–water partition coefficient (Wildman–Crippen LogP) is 2.29. The summed E-state index contributed by atoms with van der Waals surface area (Å²) in [5.41, 5.74) is 0.859. The molecular formula is C19H17FN2O4. The van der Waals surface area contributed by atoms with Crippen LogP contribution < -0.4 is 0 Å². The number of aromatic nitrogens is 1. The summed E-state index contributed by atoms with van der Waals surface area (Å²) in [7, 11) is 1.49. The number of ether oxygens (including phenoxy) is 1. The van der Waals surface area contributed by atoms with Crippen LogP contribution in [0.3, 0.4) is 0 Å². The van der Waals surface area contributed by atoms with E-state index in [1.165, 1.54) is 48.7 Å². The molecule has 0 bridgehead atoms. The van der Waals surface area contributed by atoms with E-state index in [2.05, 4.69) is 4.98 Å². The van der Waals surface area contributed by atoms with E-state index in [-0.39, 0.29) is 24.5 Å². The van der Waals surface area contributed by atoms with Crippen LogP contribution >= 0.6 is 0 Å². The number of hydrogen-bond acceptors (Lipinski definition) is 5. The number of carbonyl (C=O) groups is 2. The number of benzene rings is 1. The SMILES string of the molecule is COCCN1C(=O)C(=O)C(=C(O)c2ccncc2)C1c1ccc(F)cc1. The highest BCUT2D eigenvalue weighted by Gasteiger charge is 2.45. The lowest BCUT2D eigenvalue weighted by atomic mass is 9.95. The first kappa shape index (κ1) is 17.8. The smallest absolute Gasteiger partial charge is 0.295 e. The van der Waals surface area contributed by atoms with Crippen molar-refractivity contribution in [3.8, 4) is 0 Å². The molecule has 1 aromatic carbocycles. The minimum Gasteiger partial charge on any atom is -0.507 e. The quantitative estimate of drug-likeness (QED) is 0.505. The summed E-state index contributed by atoms with van der Waals surface area (Å²) in [5, 5.41) is 10.7. The Morgan fingerprint density at radius 2 is 1.85 bits per heavy atom. The van der Waals surface area contributed by atoms with E-state index in [1.807, 2.05) is 0 Å². The summed E-state index contributed by atoms with van der Waals surface area (Å²) in [6.45, 7) is 0.385. The highest BCUT2D eigenvalue weighted by Crippen LogP contribution is 2.39. The van der Waals surface area contributed by atoms with Crippen LogP contribution in [-0.4, -0.2) is 46.9 Å². The number of halogens is 1. The fourth-order valence-electron chi connectivity index (χ4n) is 2.96. The zero-order valence-corrected chi connectivity index (χ0v) is 14.1. The molecule has 26 heavy (non-hydrogen) atoms. The third-order valence-corrected chi connectivity index (χ3v) is 4.22. The van der Waals surface area contributed by atoms with Crippen LogP contribution in [0, 0.1) is 5.82 Å². The molecule has 1 saturated heterocycles. The molecule has 1 atom stereocenters. The number of rotatable bonds is 5. The Labute approximate surface area is 149 Å². The fraction of sp³-hybridized carbons (Fsp3) is 0.211. The summed E-state index contributed by atoms with van der Waals surface area (Å²) >= 11 is 0. The minimum absolute atomic E-state index is 0.0380. The van der Waals surface area contributed by atoms with E-state index in [0.29, 0.717) is 11.1 Å². The van der Waals surface area contributed by atoms with Gasteiger partial charge in [-0.05, 0) is 29.8 Å². The number of aliphatic hydroxyl groups is 1. The second-order valence-electron chi connectivity index (χ2n) is 5.77. The Balaban J connectivity index is 2.15. The van der Waals surface area contributed by atoms with Crippen LogP contribution in [-0.2, 0) is 14.3 Å². The molecule has 1 fully saturated rings. The highest BCUT2D eigenvalue weighted by atomic mass is 19.1. The van der Waals surface area contributed by atoms with Gasteiger partial charge in [-0.25, -0.2) is 4.39 Å². The number of aliphatic hydroxyl groups excluding tert-OH is 1. The van der Waals surface area contributed by atoms with Crippen LogP contribution in [0.15, 0.2) is 54.4 Å². The maximum Gasteiger partial charge on any atom is 0.295 e. The van der Waals surface area contributed by atoms with Crippen molar-refractivity contribution in [2.45, 2.75) is 6.04 Å². The second kappa shape index (κ2) is 7.45. The van der Waals surface area contributed by atoms with Gasteiger partial charge in [-0.3, -0.25) is 14.6 Å². The molecule has 0 radical (unpaired) electrons. The van der Waals surface area contributed by atoms with Gasteiger partial charge in [0.25, 0.3) is 11.7 Å². The van der Waals surface area contributed by atoms with Crippen LogP contribution in [0.1, 0.15) is 17.2 Å². The third-order valence-electron chi connectivity index (χ3n) is 4.22. The van der Waals surface area contributed by atoms with Crippen molar-refractivity contribution in [3.63, 3.8) is 0 Å². The number of amides is 1. The lowest BCUT2D eigenvalue weighted by Gasteiger charge is -2.25. The Kier molecular flexibility index (Phi) is 5.09. The summed E-state index contributed by atoms with van der Waals surface area (Å²) in [4.78, 5) is 30.3. The van der Waals surface area contributed by atoms with Gasteiger partial charge in [0.05, 0.1) is 18.2 Å². The number of Topliss-reactive ketones (excluding diaryl/α,β-unsaturated/α-hetero) is 1. The lowest BCUT2D eigenvalue weighted by molar-refractivity contribution is -0.140. The van der Waals surface area contributed by atoms with E-state index in [4.69, 9.17) is 4.74 Å². The number of nitrogens with zero attached hydrogens (tertiary/aromatic N) is 2. The molecule has 1 unspecified atom stereocenters. The monoisotopic (exact) mass is 356 g/mol. The van der Waals surface area contributed by atoms with E-state index >= 15 is 0 Å². The van der Waals surface area contributed by atoms with Gasteiger partial charge in [0, 0.05) is 31.6 Å². The first-order chi connectivity index (χ1) is 12.5. The van der Waals surface area contributed by atoms with Crippen molar-refractivity contribution >= 4 is 17.4 Å². The third kappa shape index (κ3) is 3.21. The standard InChI is InChI=1S/C19H17FN2O4/c1-26-11-10-22-16(12-2-4-14(20)5-3-12)15(18(24)19(22)25)17(23)13-6-8-21-9-7-13/h2-9,16,23H,10-11H2,1H3. The maximum absolute atomic E-state index is 13.3. The van der Waals surface area contributed by atoms with Crippen LogP contribution in [0.25, 0.3) is 5.76 Å². The summed E-state index contributed by atoms with van der Waals surface area (Å²) in [6, 6.07) is 7.74. The molecule has 2 heterocycles. The lowest BCUT2D eigenvalue weighted by Crippen LogP contribution is -2.32. The van der Waals surface area contributed by atoms with Gasteiger partial charge in [0.1, 0.15) is 11.6 Å². The zero-order valence-electron chi connectivity index (χ0n) is 14.1. The summed E-state index contributed by atoms with van der Waals surface area (Å²) < 4.78 is 18.3. The normalized spacial score (nSPS) is 19.2. The number of ketones is 1. The molecule has 2 aromatic rings. The van der Waals surface area contributed by atoms with Crippen molar-refractivity contribution in [2.24, 2.45) is 0 Å². The molecule has 7 heteroatoms. The van der Waals surface area contributed by atoms with Crippen molar-refractivity contribution in [1.82, 2.24) is 9.88 Å². The first-order valence-electron chi connectivity index (χ1n) is 7.97. The molecule has 0 saturated carbocycles. The molecule has 1 N–H and O–H groups in total.